The molecule has 1 aliphatic carbocycles. The van der Waals surface area contributed by atoms with Crippen LogP contribution in [0.5, 0.6) is 0 Å². The van der Waals surface area contributed by atoms with Gasteiger partial charge in [-0.25, -0.2) is 0 Å². The van der Waals surface area contributed by atoms with Crippen LogP contribution in [0.25, 0.3) is 0 Å². The first-order valence-corrected chi connectivity index (χ1v) is 6.30. The maximum Gasteiger partial charge on any atom is 0.309 e. The number of carboxylic acid groups (broad SMARTS) is 1. The van der Waals surface area contributed by atoms with E-state index in [4.69, 9.17) is 20.4 Å². The fourth-order valence-electron chi connectivity index (χ4n) is 1.74. The second-order valence-corrected chi connectivity index (χ2v) is 5.66. The van der Waals surface area contributed by atoms with E-state index in [0.29, 0.717) is 0 Å². The van der Waals surface area contributed by atoms with Crippen LogP contribution in [0.4, 0.5) is 0 Å². The molecule has 0 aromatic heterocycles. The lowest BCUT2D eigenvalue weighted by atomic mass is 9.86. The number of carboxylic acids is 1. The van der Waals surface area contributed by atoms with Crippen molar-refractivity contribution in [2.75, 3.05) is 0 Å². The molecule has 0 bridgehead atoms. The van der Waals surface area contributed by atoms with Crippen LogP contribution >= 0.6 is 0 Å². The van der Waals surface area contributed by atoms with Gasteiger partial charge in [-0.05, 0) is 46.5 Å². The zero-order valence-corrected chi connectivity index (χ0v) is 11.7. The fourth-order valence-corrected chi connectivity index (χ4v) is 1.74. The predicted molar refractivity (Wildman–Crippen MR) is 69.1 cm³/mol. The third-order valence-electron chi connectivity index (χ3n) is 2.51. The first kappa shape index (κ1) is 16.9. The largest absolute Gasteiger partial charge is 0.481 e. The van der Waals surface area contributed by atoms with Crippen molar-refractivity contribution in [3.63, 3.8) is 0 Å². The maximum absolute atomic E-state index is 11.7. The molecular weight excluding hydrogens is 234 g/mol. The molecule has 0 unspecified atom stereocenters. The van der Waals surface area contributed by atoms with Crippen molar-refractivity contribution in [1.29, 1.82) is 0 Å². The lowest BCUT2D eigenvalue weighted by Gasteiger charge is -2.28. The van der Waals surface area contributed by atoms with E-state index in [1.807, 2.05) is 20.8 Å². The van der Waals surface area contributed by atoms with Crippen LogP contribution in [0.2, 0.25) is 0 Å². The number of ether oxygens (including phenoxy) is 1. The molecular formula is C13H25NO4. The van der Waals surface area contributed by atoms with Crippen LogP contribution in [0.1, 0.15) is 53.4 Å². The molecule has 0 amide bonds. The molecule has 0 heterocycles. The maximum atomic E-state index is 11.7. The average Bonchev–Trinajstić information content (AvgIpc) is 2.14. The minimum Gasteiger partial charge on any atom is -0.481 e. The molecule has 18 heavy (non-hydrogen) atoms. The monoisotopic (exact) mass is 259 g/mol. The average molecular weight is 259 g/mol. The summed E-state index contributed by atoms with van der Waals surface area (Å²) in [5.74, 6) is -0.807. The molecule has 106 valence electrons. The van der Waals surface area contributed by atoms with Crippen molar-refractivity contribution in [2.24, 2.45) is 11.7 Å². The highest BCUT2D eigenvalue weighted by atomic mass is 16.6. The Kier molecular flexibility index (Phi) is 6.91. The van der Waals surface area contributed by atoms with Crippen LogP contribution < -0.4 is 5.73 Å². The Bertz CT molecular complexity index is 271. The first-order chi connectivity index (χ1) is 8.11. The van der Waals surface area contributed by atoms with Crippen LogP contribution in [-0.4, -0.2) is 28.7 Å². The first-order valence-electron chi connectivity index (χ1n) is 6.30. The summed E-state index contributed by atoms with van der Waals surface area (Å²) >= 11 is 0. The van der Waals surface area contributed by atoms with Crippen LogP contribution in [-0.2, 0) is 14.3 Å². The standard InChI is InChI=1S/C11H21NO2.C2H4O2/c1-11(2,3)14-10(13)8-4-6-9(12)7-5-8;1-2(3)4/h8-9H,4-7,12H2,1-3H3;1H3,(H,3,4)/t8-,9-;. The highest BCUT2D eigenvalue weighted by Gasteiger charge is 2.28. The molecule has 5 heteroatoms. The molecule has 0 spiro atoms. The Morgan fingerprint density at radius 1 is 1.17 bits per heavy atom. The van der Waals surface area contributed by atoms with E-state index in [2.05, 4.69) is 0 Å². The smallest absolute Gasteiger partial charge is 0.309 e. The van der Waals surface area contributed by atoms with Crippen molar-refractivity contribution < 1.29 is 19.4 Å². The van der Waals surface area contributed by atoms with E-state index in [1.165, 1.54) is 0 Å². The van der Waals surface area contributed by atoms with Crippen molar-refractivity contribution in [3.05, 3.63) is 0 Å². The lowest BCUT2D eigenvalue weighted by molar-refractivity contribution is -0.161. The van der Waals surface area contributed by atoms with Crippen molar-refractivity contribution in [2.45, 2.75) is 65.0 Å². The summed E-state index contributed by atoms with van der Waals surface area (Å²) in [4.78, 5) is 20.7. The molecule has 1 aliphatic rings. The summed E-state index contributed by atoms with van der Waals surface area (Å²) in [6.45, 7) is 6.79. The number of rotatable bonds is 1. The Morgan fingerprint density at radius 3 is 1.89 bits per heavy atom. The van der Waals surface area contributed by atoms with E-state index in [1.54, 1.807) is 0 Å². The highest BCUT2D eigenvalue weighted by Crippen LogP contribution is 2.25. The van der Waals surface area contributed by atoms with Gasteiger partial charge in [-0.3, -0.25) is 9.59 Å². The van der Waals surface area contributed by atoms with Crippen LogP contribution in [0.3, 0.4) is 0 Å². The van der Waals surface area contributed by atoms with Gasteiger partial charge >= 0.3 is 5.97 Å². The van der Waals surface area contributed by atoms with Gasteiger partial charge in [-0.15, -0.1) is 0 Å². The molecule has 1 rings (SSSR count). The number of carbonyl (C=O) groups excluding carboxylic acids is 1. The van der Waals surface area contributed by atoms with Gasteiger partial charge < -0.3 is 15.6 Å². The molecule has 0 aromatic rings. The quantitative estimate of drug-likeness (QED) is 0.702. The van der Waals surface area contributed by atoms with Gasteiger partial charge in [0.05, 0.1) is 5.92 Å². The third-order valence-corrected chi connectivity index (χ3v) is 2.51. The molecule has 0 radical (unpaired) electrons. The fraction of sp³-hybridized carbons (Fsp3) is 0.846. The van der Waals surface area contributed by atoms with Gasteiger partial charge in [0.1, 0.15) is 5.60 Å². The van der Waals surface area contributed by atoms with Gasteiger partial charge in [0.15, 0.2) is 0 Å². The van der Waals surface area contributed by atoms with Crippen molar-refractivity contribution in [1.82, 2.24) is 0 Å². The van der Waals surface area contributed by atoms with Gasteiger partial charge in [0.2, 0.25) is 0 Å². The van der Waals surface area contributed by atoms with E-state index >= 15 is 0 Å². The molecule has 5 nitrogen and oxygen atoms in total. The number of hydrogen-bond acceptors (Lipinski definition) is 4. The number of esters is 1. The summed E-state index contributed by atoms with van der Waals surface area (Å²) in [7, 11) is 0. The Labute approximate surface area is 109 Å². The minimum atomic E-state index is -0.833. The highest BCUT2D eigenvalue weighted by molar-refractivity contribution is 5.73. The molecule has 0 aromatic carbocycles. The van der Waals surface area contributed by atoms with Crippen molar-refractivity contribution >= 4 is 11.9 Å². The summed E-state index contributed by atoms with van der Waals surface area (Å²) < 4.78 is 5.33. The van der Waals surface area contributed by atoms with Gasteiger partial charge in [0.25, 0.3) is 5.97 Å². The number of aliphatic carboxylic acids is 1. The SMILES string of the molecule is CC(=O)O.CC(C)(C)OC(=O)[C@H]1CC[C@H](N)CC1. The molecule has 3 N–H and O–H groups in total. The van der Waals surface area contributed by atoms with Gasteiger partial charge in [-0.1, -0.05) is 0 Å². The van der Waals surface area contributed by atoms with E-state index in [9.17, 15) is 4.79 Å². The predicted octanol–water partition coefficient (Wildman–Crippen LogP) is 1.94. The summed E-state index contributed by atoms with van der Waals surface area (Å²) in [5.41, 5.74) is 5.41. The molecule has 1 saturated carbocycles. The molecule has 1 fully saturated rings. The van der Waals surface area contributed by atoms with E-state index < -0.39 is 5.97 Å². The summed E-state index contributed by atoms with van der Waals surface area (Å²) in [6.07, 6.45) is 3.67. The number of hydrogen-bond donors (Lipinski definition) is 2. The Hall–Kier alpha value is -1.10. The van der Waals surface area contributed by atoms with Gasteiger partial charge in [-0.2, -0.15) is 0 Å². The lowest BCUT2D eigenvalue weighted by Crippen LogP contribution is -2.34. The normalized spacial score (nSPS) is 23.6. The topological polar surface area (TPSA) is 89.6 Å². The molecule has 0 atom stereocenters. The zero-order valence-electron chi connectivity index (χ0n) is 11.7. The van der Waals surface area contributed by atoms with Crippen LogP contribution in [0, 0.1) is 5.92 Å². The zero-order chi connectivity index (χ0) is 14.3. The second kappa shape index (κ2) is 7.36. The second-order valence-electron chi connectivity index (χ2n) is 5.66. The summed E-state index contributed by atoms with van der Waals surface area (Å²) in [5, 5.41) is 7.42. The number of nitrogens with two attached hydrogens (primary N) is 1. The Morgan fingerprint density at radius 2 is 1.56 bits per heavy atom. The van der Waals surface area contributed by atoms with E-state index in [-0.39, 0.29) is 23.5 Å². The molecule has 0 saturated heterocycles. The minimum absolute atomic E-state index is 0.0515. The van der Waals surface area contributed by atoms with Gasteiger partial charge in [0, 0.05) is 13.0 Å². The van der Waals surface area contributed by atoms with Crippen molar-refractivity contribution in [3.8, 4) is 0 Å². The van der Waals surface area contributed by atoms with Crippen LogP contribution in [0.15, 0.2) is 0 Å². The Balaban J connectivity index is 0.000000631. The summed E-state index contributed by atoms with van der Waals surface area (Å²) in [6, 6.07) is 0.286. The van der Waals surface area contributed by atoms with E-state index in [0.717, 1.165) is 32.6 Å². The molecule has 0 aliphatic heterocycles. The third kappa shape index (κ3) is 8.98. The number of carbonyl (C=O) groups is 2.